The average Bonchev–Trinajstić information content (AvgIpc) is 2.34. The molecule has 0 aliphatic heterocycles. The second-order valence-corrected chi connectivity index (χ2v) is 4.55. The van der Waals surface area contributed by atoms with E-state index in [1.807, 2.05) is 0 Å². The lowest BCUT2D eigenvalue weighted by Crippen LogP contribution is -2.34. The Bertz CT molecular complexity index is 504. The van der Waals surface area contributed by atoms with Crippen molar-refractivity contribution in [2.24, 2.45) is 5.16 Å². The number of halogens is 1. The fourth-order valence-corrected chi connectivity index (χ4v) is 1.47. The monoisotopic (exact) mass is 309 g/mol. The molecule has 0 spiro atoms. The van der Waals surface area contributed by atoms with Gasteiger partial charge in [-0.1, -0.05) is 27.2 Å². The lowest BCUT2D eigenvalue weighted by Gasteiger charge is -2.10. The number of benzene rings is 1. The van der Waals surface area contributed by atoms with Gasteiger partial charge in [-0.05, 0) is 32.0 Å². The molecule has 1 atom stereocenters. The first-order valence-electron chi connectivity index (χ1n) is 5.16. The first-order valence-corrected chi connectivity index (χ1v) is 5.95. The molecule has 1 aromatic rings. The second-order valence-electron chi connectivity index (χ2n) is 3.64. The van der Waals surface area contributed by atoms with Crippen LogP contribution in [0.5, 0.6) is 0 Å². The van der Waals surface area contributed by atoms with Crippen LogP contribution in [0.2, 0.25) is 0 Å². The summed E-state index contributed by atoms with van der Waals surface area (Å²) in [6.45, 7) is 3.45. The Morgan fingerprint density at radius 3 is 2.83 bits per heavy atom. The van der Waals surface area contributed by atoms with Gasteiger partial charge in [0.1, 0.15) is 6.07 Å². The van der Waals surface area contributed by atoms with Crippen molar-refractivity contribution in [2.75, 3.05) is 0 Å². The lowest BCUT2D eigenvalue weighted by atomic mass is 10.2. The van der Waals surface area contributed by atoms with Gasteiger partial charge in [-0.15, -0.1) is 0 Å². The van der Waals surface area contributed by atoms with Gasteiger partial charge < -0.3 is 10.2 Å². The fraction of sp³-hybridized carbons (Fsp3) is 0.250. The van der Waals surface area contributed by atoms with Crippen molar-refractivity contribution in [1.29, 1.82) is 5.26 Å². The number of hydrogen-bond acceptors (Lipinski definition) is 4. The van der Waals surface area contributed by atoms with Gasteiger partial charge >= 0.3 is 0 Å². The average molecular weight is 310 g/mol. The highest BCUT2D eigenvalue weighted by Gasteiger charge is 2.13. The summed E-state index contributed by atoms with van der Waals surface area (Å²) in [5, 5.41) is 14.9. The van der Waals surface area contributed by atoms with Crippen LogP contribution in [0.15, 0.2) is 33.9 Å². The van der Waals surface area contributed by atoms with Gasteiger partial charge in [-0.25, -0.2) is 0 Å². The molecule has 1 amide bonds. The van der Waals surface area contributed by atoms with E-state index in [2.05, 4.69) is 26.4 Å². The number of hydrogen-bond donors (Lipinski definition) is 1. The zero-order valence-corrected chi connectivity index (χ0v) is 11.6. The van der Waals surface area contributed by atoms with Crippen molar-refractivity contribution in [2.45, 2.75) is 20.1 Å². The highest BCUT2D eigenvalue weighted by atomic mass is 79.9. The number of nitrogens with one attached hydrogen (secondary N) is 1. The standard InChI is InChI=1S/C12H12BrN3O2/c1-8(2)16-18-11(7-14)15-12(17)9-4-3-5-10(13)6-9/h3-6,11H,1-2H3,(H,15,17). The summed E-state index contributed by atoms with van der Waals surface area (Å²) in [4.78, 5) is 16.7. The van der Waals surface area contributed by atoms with Gasteiger partial charge in [-0.2, -0.15) is 5.26 Å². The van der Waals surface area contributed by atoms with E-state index in [1.165, 1.54) is 0 Å². The molecule has 0 radical (unpaired) electrons. The van der Waals surface area contributed by atoms with E-state index in [1.54, 1.807) is 44.2 Å². The normalized spacial score (nSPS) is 11.0. The molecule has 0 bridgehead atoms. The molecule has 94 valence electrons. The molecule has 5 nitrogen and oxygen atoms in total. The van der Waals surface area contributed by atoms with Crippen LogP contribution in [-0.4, -0.2) is 17.8 Å². The van der Waals surface area contributed by atoms with Crippen molar-refractivity contribution in [3.05, 3.63) is 34.3 Å². The van der Waals surface area contributed by atoms with Gasteiger partial charge in [-0.3, -0.25) is 4.79 Å². The maximum atomic E-state index is 11.8. The highest BCUT2D eigenvalue weighted by Crippen LogP contribution is 2.11. The first-order chi connectivity index (χ1) is 8.52. The number of oxime groups is 1. The largest absolute Gasteiger partial charge is 0.355 e. The molecule has 1 unspecified atom stereocenters. The molecule has 0 saturated heterocycles. The van der Waals surface area contributed by atoms with Crippen LogP contribution in [0.25, 0.3) is 0 Å². The van der Waals surface area contributed by atoms with Crippen molar-refractivity contribution in [1.82, 2.24) is 5.32 Å². The summed E-state index contributed by atoms with van der Waals surface area (Å²) < 4.78 is 0.784. The quantitative estimate of drug-likeness (QED) is 0.527. The maximum absolute atomic E-state index is 11.8. The fourth-order valence-electron chi connectivity index (χ4n) is 1.07. The van der Waals surface area contributed by atoms with E-state index in [9.17, 15) is 4.79 Å². The Balaban J connectivity index is 2.69. The third-order valence-corrected chi connectivity index (χ3v) is 2.30. The van der Waals surface area contributed by atoms with Crippen LogP contribution in [0.4, 0.5) is 0 Å². The summed E-state index contributed by atoms with van der Waals surface area (Å²) in [7, 11) is 0. The number of amides is 1. The maximum Gasteiger partial charge on any atom is 0.286 e. The minimum atomic E-state index is -1.11. The summed E-state index contributed by atoms with van der Waals surface area (Å²) >= 11 is 3.27. The van der Waals surface area contributed by atoms with E-state index in [0.717, 1.165) is 4.47 Å². The molecule has 18 heavy (non-hydrogen) atoms. The molecule has 0 saturated carbocycles. The number of nitrogens with zero attached hydrogens (tertiary/aromatic N) is 2. The van der Waals surface area contributed by atoms with E-state index < -0.39 is 12.1 Å². The molecule has 1 N–H and O–H groups in total. The zero-order chi connectivity index (χ0) is 13.5. The van der Waals surface area contributed by atoms with Gasteiger partial charge in [0.15, 0.2) is 0 Å². The van der Waals surface area contributed by atoms with Gasteiger partial charge in [0, 0.05) is 10.0 Å². The molecular formula is C12H12BrN3O2. The van der Waals surface area contributed by atoms with Gasteiger partial charge in [0.25, 0.3) is 12.1 Å². The lowest BCUT2D eigenvalue weighted by molar-refractivity contribution is 0.0590. The van der Waals surface area contributed by atoms with Crippen LogP contribution in [0, 0.1) is 11.3 Å². The smallest absolute Gasteiger partial charge is 0.286 e. The number of carbonyl (C=O) groups excluding carboxylic acids is 1. The van der Waals surface area contributed by atoms with Gasteiger partial charge in [0.2, 0.25) is 0 Å². The predicted molar refractivity (Wildman–Crippen MR) is 70.9 cm³/mol. The number of rotatable bonds is 4. The third-order valence-electron chi connectivity index (χ3n) is 1.81. The van der Waals surface area contributed by atoms with Crippen LogP contribution in [-0.2, 0) is 4.84 Å². The zero-order valence-electron chi connectivity index (χ0n) is 9.98. The van der Waals surface area contributed by atoms with Crippen molar-refractivity contribution >= 4 is 27.5 Å². The minimum absolute atomic E-state index is 0.396. The molecule has 6 heteroatoms. The number of carbonyl (C=O) groups is 1. The Kier molecular flexibility index (Phi) is 5.33. The summed E-state index contributed by atoms with van der Waals surface area (Å²) in [6.07, 6.45) is -1.11. The SMILES string of the molecule is CC(C)=NOC(C#N)NC(=O)c1cccc(Br)c1. The Morgan fingerprint density at radius 2 is 2.28 bits per heavy atom. The van der Waals surface area contributed by atoms with Gasteiger partial charge in [0.05, 0.1) is 5.71 Å². The molecule has 0 aromatic heterocycles. The van der Waals surface area contributed by atoms with Crippen LogP contribution < -0.4 is 5.32 Å². The van der Waals surface area contributed by atoms with Crippen molar-refractivity contribution < 1.29 is 9.63 Å². The Morgan fingerprint density at radius 1 is 1.56 bits per heavy atom. The molecule has 1 aromatic carbocycles. The van der Waals surface area contributed by atoms with Crippen LogP contribution in [0.3, 0.4) is 0 Å². The van der Waals surface area contributed by atoms with Crippen molar-refractivity contribution in [3.8, 4) is 6.07 Å². The third kappa shape index (κ3) is 4.55. The predicted octanol–water partition coefficient (Wildman–Crippen LogP) is 2.44. The molecule has 0 aliphatic carbocycles. The van der Waals surface area contributed by atoms with Crippen LogP contribution in [0.1, 0.15) is 24.2 Å². The summed E-state index contributed by atoms with van der Waals surface area (Å²) in [6, 6.07) is 8.63. The Hall–Kier alpha value is -1.87. The molecular weight excluding hydrogens is 298 g/mol. The van der Waals surface area contributed by atoms with E-state index in [-0.39, 0.29) is 0 Å². The highest BCUT2D eigenvalue weighted by molar-refractivity contribution is 9.10. The second kappa shape index (κ2) is 6.77. The van der Waals surface area contributed by atoms with E-state index in [4.69, 9.17) is 10.1 Å². The molecule has 0 heterocycles. The Labute approximate surface area is 114 Å². The molecule has 0 fully saturated rings. The molecule has 1 rings (SSSR count). The van der Waals surface area contributed by atoms with E-state index >= 15 is 0 Å². The molecule has 0 aliphatic rings. The minimum Gasteiger partial charge on any atom is -0.355 e. The summed E-state index contributed by atoms with van der Waals surface area (Å²) in [5.41, 5.74) is 1.09. The topological polar surface area (TPSA) is 74.5 Å². The number of nitriles is 1. The van der Waals surface area contributed by atoms with Crippen molar-refractivity contribution in [3.63, 3.8) is 0 Å². The summed E-state index contributed by atoms with van der Waals surface area (Å²) in [5.74, 6) is -0.396. The first kappa shape index (κ1) is 14.2. The van der Waals surface area contributed by atoms with E-state index in [0.29, 0.717) is 11.3 Å². The van der Waals surface area contributed by atoms with Crippen LogP contribution >= 0.6 is 15.9 Å².